The van der Waals surface area contributed by atoms with Gasteiger partial charge < -0.3 is 14.2 Å². The van der Waals surface area contributed by atoms with E-state index in [-0.39, 0.29) is 0 Å². The second-order valence-electron chi connectivity index (χ2n) is 8.12. The highest BCUT2D eigenvalue weighted by molar-refractivity contribution is 9.10. The van der Waals surface area contributed by atoms with Gasteiger partial charge in [-0.3, -0.25) is 0 Å². The van der Waals surface area contributed by atoms with Crippen LogP contribution < -0.4 is 4.74 Å². The maximum absolute atomic E-state index is 12.2. The highest BCUT2D eigenvalue weighted by Gasteiger charge is 2.22. The number of carbonyl (C=O) groups is 1. The summed E-state index contributed by atoms with van der Waals surface area (Å²) in [5.74, 6) is 0.784. The molecule has 0 saturated carbocycles. The number of esters is 1. The molecule has 1 unspecified atom stereocenters. The summed E-state index contributed by atoms with van der Waals surface area (Å²) in [6, 6.07) is 23.4. The van der Waals surface area contributed by atoms with E-state index < -0.39 is 12.1 Å². The summed E-state index contributed by atoms with van der Waals surface area (Å²) in [6.45, 7) is 2.92. The summed E-state index contributed by atoms with van der Waals surface area (Å²) >= 11 is 3.40. The average Bonchev–Trinajstić information content (AvgIpc) is 2.88. The predicted octanol–water partition coefficient (Wildman–Crippen LogP) is 6.46. The van der Waals surface area contributed by atoms with Gasteiger partial charge >= 0.3 is 5.97 Å². The van der Waals surface area contributed by atoms with Crippen LogP contribution in [0.15, 0.2) is 77.3 Å². The van der Waals surface area contributed by atoms with Gasteiger partial charge in [-0.15, -0.1) is 0 Å². The van der Waals surface area contributed by atoms with Crippen molar-refractivity contribution in [3.8, 4) is 17.3 Å². The maximum Gasteiger partial charge on any atom is 0.339 e. The van der Waals surface area contributed by atoms with Crippen molar-refractivity contribution < 1.29 is 19.0 Å². The summed E-state index contributed by atoms with van der Waals surface area (Å²) in [4.78, 5) is 21.6. The minimum Gasteiger partial charge on any atom is -0.477 e. The van der Waals surface area contributed by atoms with Crippen LogP contribution in [0.5, 0.6) is 5.88 Å². The first kappa shape index (κ1) is 24.8. The topological polar surface area (TPSA) is 70.5 Å². The van der Waals surface area contributed by atoms with E-state index in [4.69, 9.17) is 24.2 Å². The maximum atomic E-state index is 12.2. The van der Waals surface area contributed by atoms with Gasteiger partial charge in [0, 0.05) is 16.6 Å². The smallest absolute Gasteiger partial charge is 0.339 e. The van der Waals surface area contributed by atoms with Crippen LogP contribution in [0.3, 0.4) is 0 Å². The number of methoxy groups -OCH3 is 1. The number of hydrogen-bond acceptors (Lipinski definition) is 6. The fourth-order valence-electron chi connectivity index (χ4n) is 3.61. The van der Waals surface area contributed by atoms with Gasteiger partial charge in [-0.25, -0.2) is 9.78 Å². The Kier molecular flexibility index (Phi) is 8.45. The summed E-state index contributed by atoms with van der Waals surface area (Å²) in [5, 5.41) is 0.876. The van der Waals surface area contributed by atoms with Gasteiger partial charge in [0.25, 0.3) is 0 Å². The van der Waals surface area contributed by atoms with Gasteiger partial charge in [0.15, 0.2) is 11.9 Å². The van der Waals surface area contributed by atoms with Crippen molar-refractivity contribution in [3.05, 3.63) is 88.4 Å². The molecule has 0 aliphatic heterocycles. The molecule has 1 heterocycles. The highest BCUT2D eigenvalue weighted by Crippen LogP contribution is 2.27. The standard InChI is InChI=1S/C28H27BrN2O4/c1-19-9-11-21(12-10-19)26-30-24-8-4-3-7-23(24)27(31-26)35-18-6-5-17-34-25(28(32)33-2)20-13-15-22(29)16-14-20/h3-4,7-16,25H,5-6,17-18H2,1-2H3. The fraction of sp³-hybridized carbons (Fsp3) is 0.250. The average molecular weight is 535 g/mol. The van der Waals surface area contributed by atoms with E-state index >= 15 is 0 Å². The van der Waals surface area contributed by atoms with Gasteiger partial charge in [-0.05, 0) is 49.6 Å². The Bertz CT molecular complexity index is 1280. The molecule has 0 aliphatic carbocycles. The van der Waals surface area contributed by atoms with Crippen LogP contribution in [-0.4, -0.2) is 36.3 Å². The van der Waals surface area contributed by atoms with Crippen molar-refractivity contribution in [1.82, 2.24) is 9.97 Å². The van der Waals surface area contributed by atoms with E-state index in [1.54, 1.807) is 0 Å². The lowest BCUT2D eigenvalue weighted by molar-refractivity contribution is -0.154. The van der Waals surface area contributed by atoms with Crippen molar-refractivity contribution in [1.29, 1.82) is 0 Å². The molecular formula is C28H27BrN2O4. The van der Waals surface area contributed by atoms with Gasteiger partial charge in [0.1, 0.15) is 0 Å². The number of halogens is 1. The molecule has 1 atom stereocenters. The van der Waals surface area contributed by atoms with Crippen LogP contribution in [0, 0.1) is 6.92 Å². The molecule has 0 aliphatic rings. The molecule has 0 spiro atoms. The van der Waals surface area contributed by atoms with Crippen molar-refractivity contribution in [2.75, 3.05) is 20.3 Å². The monoisotopic (exact) mass is 534 g/mol. The zero-order chi connectivity index (χ0) is 24.6. The first-order valence-corrected chi connectivity index (χ1v) is 12.3. The second kappa shape index (κ2) is 11.9. The molecule has 0 N–H and O–H groups in total. The third-order valence-electron chi connectivity index (χ3n) is 5.53. The van der Waals surface area contributed by atoms with Gasteiger partial charge in [0.2, 0.25) is 5.88 Å². The summed E-state index contributed by atoms with van der Waals surface area (Å²) in [5.41, 5.74) is 3.73. The van der Waals surface area contributed by atoms with E-state index in [2.05, 4.69) is 22.9 Å². The Morgan fingerprint density at radius 1 is 0.914 bits per heavy atom. The number of rotatable bonds is 10. The Labute approximate surface area is 213 Å². The zero-order valence-electron chi connectivity index (χ0n) is 19.7. The molecule has 3 aromatic carbocycles. The lowest BCUT2D eigenvalue weighted by Gasteiger charge is -2.16. The van der Waals surface area contributed by atoms with E-state index in [0.717, 1.165) is 39.3 Å². The van der Waals surface area contributed by atoms with Gasteiger partial charge in [-0.2, -0.15) is 4.98 Å². The van der Waals surface area contributed by atoms with E-state index in [1.165, 1.54) is 12.7 Å². The first-order chi connectivity index (χ1) is 17.0. The molecule has 4 aromatic rings. The minimum absolute atomic E-state index is 0.401. The lowest BCUT2D eigenvalue weighted by atomic mass is 10.1. The fourth-order valence-corrected chi connectivity index (χ4v) is 3.87. The van der Waals surface area contributed by atoms with Crippen LogP contribution in [0.25, 0.3) is 22.3 Å². The number of aryl methyl sites for hydroxylation is 1. The number of unbranched alkanes of at least 4 members (excludes halogenated alkanes) is 1. The Morgan fingerprint density at radius 3 is 2.37 bits per heavy atom. The molecule has 0 amide bonds. The third-order valence-corrected chi connectivity index (χ3v) is 6.06. The Balaban J connectivity index is 1.37. The van der Waals surface area contributed by atoms with Crippen molar-refractivity contribution >= 4 is 32.8 Å². The van der Waals surface area contributed by atoms with Crippen LogP contribution in [-0.2, 0) is 14.3 Å². The number of carbonyl (C=O) groups excluding carboxylic acids is 1. The molecule has 0 radical (unpaired) electrons. The quantitative estimate of drug-likeness (QED) is 0.172. The molecule has 1 aromatic heterocycles. The van der Waals surface area contributed by atoms with Crippen molar-refractivity contribution in [2.24, 2.45) is 0 Å². The number of fused-ring (bicyclic) bond motifs is 1. The number of hydrogen-bond donors (Lipinski definition) is 0. The minimum atomic E-state index is -0.753. The molecule has 35 heavy (non-hydrogen) atoms. The van der Waals surface area contributed by atoms with Gasteiger partial charge in [0.05, 0.1) is 24.6 Å². The third kappa shape index (κ3) is 6.44. The summed E-state index contributed by atoms with van der Waals surface area (Å²) in [6.07, 6.45) is 0.710. The molecule has 0 bridgehead atoms. The lowest BCUT2D eigenvalue weighted by Crippen LogP contribution is -2.18. The van der Waals surface area contributed by atoms with Crippen LogP contribution >= 0.6 is 15.9 Å². The van der Waals surface area contributed by atoms with Crippen molar-refractivity contribution in [3.63, 3.8) is 0 Å². The summed E-state index contributed by atoms with van der Waals surface area (Å²) < 4.78 is 17.8. The highest BCUT2D eigenvalue weighted by atomic mass is 79.9. The molecular weight excluding hydrogens is 508 g/mol. The SMILES string of the molecule is COC(=O)C(OCCCCOc1nc(-c2ccc(C)cc2)nc2ccccc12)c1ccc(Br)cc1. The normalized spacial score (nSPS) is 11.9. The van der Waals surface area contributed by atoms with E-state index in [9.17, 15) is 4.79 Å². The molecule has 6 nitrogen and oxygen atoms in total. The zero-order valence-corrected chi connectivity index (χ0v) is 21.3. The van der Waals surface area contributed by atoms with E-state index in [0.29, 0.717) is 24.9 Å². The molecule has 180 valence electrons. The number of aromatic nitrogens is 2. The van der Waals surface area contributed by atoms with Crippen molar-refractivity contribution in [2.45, 2.75) is 25.9 Å². The van der Waals surface area contributed by atoms with Crippen LogP contribution in [0.2, 0.25) is 0 Å². The molecule has 0 saturated heterocycles. The largest absolute Gasteiger partial charge is 0.477 e. The predicted molar refractivity (Wildman–Crippen MR) is 139 cm³/mol. The second-order valence-corrected chi connectivity index (χ2v) is 9.03. The van der Waals surface area contributed by atoms with Crippen LogP contribution in [0.1, 0.15) is 30.1 Å². The molecule has 0 fully saturated rings. The Morgan fingerprint density at radius 2 is 1.63 bits per heavy atom. The first-order valence-electron chi connectivity index (χ1n) is 11.5. The molecule has 7 heteroatoms. The number of para-hydroxylation sites is 1. The number of ether oxygens (including phenoxy) is 3. The van der Waals surface area contributed by atoms with E-state index in [1.807, 2.05) is 72.8 Å². The van der Waals surface area contributed by atoms with Crippen LogP contribution in [0.4, 0.5) is 0 Å². The van der Waals surface area contributed by atoms with Gasteiger partial charge in [-0.1, -0.05) is 70.0 Å². The summed E-state index contributed by atoms with van der Waals surface area (Å²) in [7, 11) is 1.36. The number of benzene rings is 3. The number of nitrogens with zero attached hydrogens (tertiary/aromatic N) is 2. The molecule has 4 rings (SSSR count). The Hall–Kier alpha value is -3.29.